The molecule has 5 aliphatic heterocycles. The van der Waals surface area contributed by atoms with E-state index in [0.717, 1.165) is 111 Å². The molecule has 0 radical (unpaired) electrons. The van der Waals surface area contributed by atoms with Crippen LogP contribution < -0.4 is 19.5 Å². The summed E-state index contributed by atoms with van der Waals surface area (Å²) in [5, 5.41) is 24.7. The molecular formula is C95H113F3N4O9S2. The number of alkyl halides is 3. The molecule has 0 fully saturated rings. The lowest BCUT2D eigenvalue weighted by molar-refractivity contribution is -0.384. The van der Waals surface area contributed by atoms with E-state index in [1.165, 1.54) is 44.2 Å². The number of hydrogen-bond donors (Lipinski definition) is 2. The number of carbonyl (C=O) groups excluding carboxylic acids is 2. The minimum absolute atomic E-state index is 0.0118. The van der Waals surface area contributed by atoms with E-state index in [4.69, 9.17) is 19.3 Å². The van der Waals surface area contributed by atoms with Crippen molar-refractivity contribution in [2.75, 3.05) is 11.1 Å². The highest BCUT2D eigenvalue weighted by Crippen LogP contribution is 2.45. The van der Waals surface area contributed by atoms with Crippen molar-refractivity contribution in [2.24, 2.45) is 43.4 Å². The van der Waals surface area contributed by atoms with E-state index in [2.05, 4.69) is 227 Å². The molecule has 7 aromatic rings. The summed E-state index contributed by atoms with van der Waals surface area (Å²) in [6.07, 6.45) is 13.9. The van der Waals surface area contributed by atoms with Crippen LogP contribution in [0.3, 0.4) is 0 Å². The number of Topliss-reactive ketones (excluding diaryl/α,β-unsaturated/α-hetero) is 2. The van der Waals surface area contributed by atoms with E-state index in [-0.39, 0.29) is 90.7 Å². The lowest BCUT2D eigenvalue weighted by atomic mass is 9.81. The van der Waals surface area contributed by atoms with Gasteiger partial charge in [0.05, 0.1) is 39.1 Å². The van der Waals surface area contributed by atoms with Crippen LogP contribution in [0.4, 0.5) is 24.5 Å². The summed E-state index contributed by atoms with van der Waals surface area (Å²) >= 11 is 3.31. The minimum atomic E-state index is -4.41. The number of carboxylic acid groups (broad SMARTS) is 1. The average Bonchev–Trinajstić information content (AvgIpc) is 1.62. The number of nitrogens with one attached hydrogen (secondary N) is 1. The number of aliphatic carboxylic acids is 1. The van der Waals surface area contributed by atoms with E-state index in [0.29, 0.717) is 16.9 Å². The van der Waals surface area contributed by atoms with Crippen molar-refractivity contribution in [3.8, 4) is 17.2 Å². The van der Waals surface area contributed by atoms with E-state index in [9.17, 15) is 37.7 Å². The quantitative estimate of drug-likeness (QED) is 0.0926. The summed E-state index contributed by atoms with van der Waals surface area (Å²) in [5.41, 5.74) is 14.8. The van der Waals surface area contributed by atoms with Crippen LogP contribution in [-0.4, -0.2) is 61.6 Å². The van der Waals surface area contributed by atoms with Crippen molar-refractivity contribution in [3.05, 3.63) is 266 Å². The van der Waals surface area contributed by atoms with Gasteiger partial charge in [-0.1, -0.05) is 229 Å². The molecule has 0 saturated heterocycles. The second kappa shape index (κ2) is 36.2. The van der Waals surface area contributed by atoms with Crippen LogP contribution in [0, 0.1) is 48.5 Å². The predicted octanol–water partition coefficient (Wildman–Crippen LogP) is 25.3. The Morgan fingerprint density at radius 2 is 1.00 bits per heavy atom. The first-order valence-corrected chi connectivity index (χ1v) is 40.1. The monoisotopic (exact) mass is 1570 g/mol. The molecule has 6 aliphatic rings. The number of thioether (sulfide) groups is 1. The summed E-state index contributed by atoms with van der Waals surface area (Å²) in [7, 11) is 0. The van der Waals surface area contributed by atoms with Crippen LogP contribution in [-0.2, 0) is 48.1 Å². The van der Waals surface area contributed by atoms with Crippen molar-refractivity contribution in [2.45, 2.75) is 202 Å². The standard InChI is InChI=1S/C18H21NO.C17H20N2OS2.C17H20O3.C16H17F3O.C16H20O.C11H15NO2/c1-18(2,3)11-12-8-9-16-14(10-12)17(20)13-6-4-5-7-15(13)19-16;1-10(20)13-9-21-15(19-13)16-18-12-6-5-11(7-14(12)22-16)8-17(2,3)4;1-11-7-13(9-16(18)19)14-6-5-12(8-15(14)20-11)10-17(2,3)4;1-10-7-13(16(17,18)19)12-6-5-11(8-14(12)20-10)9-15(2,3)4;1-11-8-12(2)17-15-9-13(6-7-14(11)15)10-16(3,4)5;1-11(2,3)8-9-4-6-10(7-5-9)12(13)14/h4-10,13,15,19H,11H2,1-3H3;5-7,13H,8-9H2,1-4H3;5-8H,1,9-10H2,2-4H3,(H,18,19);5-8H,1,9H2,2-4H3;6-9H,2,10H2,1,3-5H3;4-7H,8H2,1-3H3/t;13-;;;;/m.1..../s1. The number of nitro groups is 1. The third-order valence-electron chi connectivity index (χ3n) is 18.0. The fraction of sp³-hybridized carbons (Fsp3) is 0.400. The zero-order chi connectivity index (χ0) is 83.7. The van der Waals surface area contributed by atoms with Gasteiger partial charge in [-0.15, -0.1) is 23.1 Å². The third kappa shape index (κ3) is 27.6. The Bertz CT molecular complexity index is 4930. The number of benzene rings is 6. The maximum absolute atomic E-state index is 13.0. The van der Waals surface area contributed by atoms with Gasteiger partial charge in [0, 0.05) is 45.8 Å². The Labute approximate surface area is 675 Å². The smallest absolute Gasteiger partial charge is 0.417 e. The summed E-state index contributed by atoms with van der Waals surface area (Å²) in [4.78, 5) is 54.2. The molecule has 1 aliphatic carbocycles. The molecule has 1 aromatic heterocycles. The number of carboxylic acids is 1. The minimum Gasteiger partial charge on any atom is -0.481 e. The number of nitrogens with zero attached hydrogens (tertiary/aromatic N) is 3. The highest BCUT2D eigenvalue weighted by molar-refractivity contribution is 8.15. The van der Waals surface area contributed by atoms with Gasteiger partial charge in [0.2, 0.25) is 0 Å². The van der Waals surface area contributed by atoms with E-state index in [1.54, 1.807) is 60.4 Å². The largest absolute Gasteiger partial charge is 0.481 e. The van der Waals surface area contributed by atoms with Gasteiger partial charge in [-0.05, 0) is 190 Å². The molecule has 2 N–H and O–H groups in total. The first-order chi connectivity index (χ1) is 52.3. The van der Waals surface area contributed by atoms with Gasteiger partial charge < -0.3 is 24.6 Å². The zero-order valence-electron chi connectivity index (χ0n) is 69.5. The number of anilines is 1. The van der Waals surface area contributed by atoms with E-state index >= 15 is 0 Å². The lowest BCUT2D eigenvalue weighted by Gasteiger charge is -2.32. The van der Waals surface area contributed by atoms with Gasteiger partial charge in [0.1, 0.15) is 50.6 Å². The fourth-order valence-electron chi connectivity index (χ4n) is 13.6. The number of carbonyl (C=O) groups is 3. The highest BCUT2D eigenvalue weighted by atomic mass is 32.2. The number of halogens is 3. The van der Waals surface area contributed by atoms with Gasteiger partial charge in [0.15, 0.2) is 11.6 Å². The topological polar surface area (TPSA) is 180 Å². The normalized spacial score (nSPS) is 16.9. The van der Waals surface area contributed by atoms with Crippen LogP contribution in [0.25, 0.3) is 26.9 Å². The second-order valence-corrected chi connectivity index (χ2v) is 39.1. The van der Waals surface area contributed by atoms with Crippen molar-refractivity contribution >= 4 is 84.0 Å². The molecule has 13 nitrogen and oxygen atoms in total. The molecule has 18 heteroatoms. The first kappa shape index (κ1) is 88.9. The molecule has 0 amide bonds. The molecule has 0 spiro atoms. The number of non-ortho nitro benzene ring substituents is 1. The molecule has 2 unspecified atom stereocenters. The van der Waals surface area contributed by atoms with Crippen LogP contribution in [0.5, 0.6) is 17.2 Å². The summed E-state index contributed by atoms with van der Waals surface area (Å²) in [5.74, 6) is 3.31. The van der Waals surface area contributed by atoms with Gasteiger partial charge in [-0.25, -0.2) is 4.98 Å². The molecule has 0 bridgehead atoms. The van der Waals surface area contributed by atoms with Crippen LogP contribution in [0.15, 0.2) is 200 Å². The van der Waals surface area contributed by atoms with Crippen LogP contribution in [0.1, 0.15) is 210 Å². The van der Waals surface area contributed by atoms with Gasteiger partial charge in [-0.2, -0.15) is 13.2 Å². The lowest BCUT2D eigenvalue weighted by Crippen LogP contribution is -2.38. The fourth-order valence-corrected chi connectivity index (χ4v) is 15.9. The molecule has 13 rings (SSSR count). The van der Waals surface area contributed by atoms with Crippen molar-refractivity contribution in [3.63, 3.8) is 0 Å². The Morgan fingerprint density at radius 3 is 1.50 bits per heavy atom. The summed E-state index contributed by atoms with van der Waals surface area (Å²) in [6.45, 7) is 54.2. The zero-order valence-corrected chi connectivity index (χ0v) is 71.2. The van der Waals surface area contributed by atoms with E-state index in [1.807, 2.05) is 54.6 Å². The van der Waals surface area contributed by atoms with Crippen LogP contribution >= 0.6 is 23.1 Å². The number of fused-ring (bicyclic) bond motifs is 6. The Kier molecular flexibility index (Phi) is 28.5. The first-order valence-electron chi connectivity index (χ1n) is 38.3. The molecule has 113 heavy (non-hydrogen) atoms. The number of nitro benzene ring substituents is 1. The van der Waals surface area contributed by atoms with Crippen LogP contribution in [0.2, 0.25) is 0 Å². The SMILES string of the molecule is C=C1C=C(C(F)(F)F)c2ccc(CC(C)(C)C)cc2O1.C=C1C=C(C)c2ccc(CC(C)(C)C)cc2O1.C=C1C=C(CC(=O)O)c2ccc(CC(C)(C)C)cc2O1.CC(=O)[C@H]1CSC(c2nc3ccc(CC(C)(C)C)cc3s2)=N1.CC(C)(C)Cc1ccc([N+](=O)[O-])cc1.CC(C)(C)Cc1ccc2c(c1)C(=O)C1C=CC=CC1N2. The molecular weight excluding hydrogens is 1460 g/mol. The van der Waals surface area contributed by atoms with Crippen molar-refractivity contribution in [1.29, 1.82) is 0 Å². The summed E-state index contributed by atoms with van der Waals surface area (Å²) in [6, 6.07) is 36.7. The van der Waals surface area contributed by atoms with Gasteiger partial charge in [0.25, 0.3) is 5.69 Å². The number of aliphatic imine (C=N–C) groups is 1. The van der Waals surface area contributed by atoms with Crippen molar-refractivity contribution in [1.82, 2.24) is 4.98 Å². The molecule has 600 valence electrons. The average molecular weight is 1580 g/mol. The molecule has 3 atom stereocenters. The summed E-state index contributed by atoms with van der Waals surface area (Å²) < 4.78 is 56.9. The number of ether oxygens (including phenoxy) is 3. The van der Waals surface area contributed by atoms with Crippen molar-refractivity contribution < 1.29 is 51.8 Å². The number of rotatable bonds is 11. The number of allylic oxidation sites excluding steroid dienone is 7. The Hall–Kier alpha value is -9.65. The van der Waals surface area contributed by atoms with Gasteiger partial charge >= 0.3 is 12.1 Å². The molecule has 6 heterocycles. The molecule has 6 aromatic carbocycles. The number of ketones is 2. The third-order valence-corrected chi connectivity index (χ3v) is 20.2. The number of aromatic nitrogens is 1. The predicted molar refractivity (Wildman–Crippen MR) is 462 cm³/mol. The number of hydrogen-bond acceptors (Lipinski definition) is 13. The Balaban J connectivity index is 0.000000171. The Morgan fingerprint density at radius 1 is 0.566 bits per heavy atom. The highest BCUT2D eigenvalue weighted by Gasteiger charge is 2.39. The maximum atomic E-state index is 13.0. The van der Waals surface area contributed by atoms with Gasteiger partial charge in [-0.3, -0.25) is 29.5 Å². The van der Waals surface area contributed by atoms with E-state index < -0.39 is 17.7 Å². The maximum Gasteiger partial charge on any atom is 0.417 e. The molecule has 0 saturated carbocycles. The number of thiazole rings is 1. The second-order valence-electron chi connectivity index (χ2n) is 37.1.